The van der Waals surface area contributed by atoms with E-state index in [1.54, 1.807) is 6.07 Å². The summed E-state index contributed by atoms with van der Waals surface area (Å²) in [6.45, 7) is 2.44. The van der Waals surface area contributed by atoms with Crippen LogP contribution >= 0.6 is 0 Å². The summed E-state index contributed by atoms with van der Waals surface area (Å²) in [5.41, 5.74) is 6.39. The topological polar surface area (TPSA) is 81.2 Å². The Morgan fingerprint density at radius 3 is 3.13 bits per heavy atom. The molecule has 1 rings (SSSR count). The summed E-state index contributed by atoms with van der Waals surface area (Å²) in [7, 11) is 0. The van der Waals surface area contributed by atoms with Crippen LogP contribution < -0.4 is 11.1 Å². The highest BCUT2D eigenvalue weighted by molar-refractivity contribution is 5.81. The lowest BCUT2D eigenvalue weighted by atomic mass is 10.1. The number of nitrogens with zero attached hydrogens (tertiary/aromatic N) is 1. The number of carbonyl (C=O) groups excluding carboxylic acids is 1. The fraction of sp³-hybridized carbons (Fsp3) is 0.600. The van der Waals surface area contributed by atoms with Crippen molar-refractivity contribution in [2.45, 2.75) is 38.8 Å². The summed E-state index contributed by atoms with van der Waals surface area (Å²) in [6, 6.07) is 1.29. The van der Waals surface area contributed by atoms with Crippen LogP contribution in [0.2, 0.25) is 0 Å². The molecule has 0 saturated heterocycles. The van der Waals surface area contributed by atoms with Gasteiger partial charge in [0.25, 0.3) is 0 Å². The van der Waals surface area contributed by atoms with Gasteiger partial charge in [-0.15, -0.1) is 0 Å². The van der Waals surface area contributed by atoms with Gasteiger partial charge in [-0.3, -0.25) is 4.79 Å². The SMILES string of the molecule is CCCC[C@H](N)C(=O)NCc1ccon1. The normalized spacial score (nSPS) is 12.4. The van der Waals surface area contributed by atoms with E-state index < -0.39 is 6.04 Å². The Morgan fingerprint density at radius 1 is 1.73 bits per heavy atom. The second-order valence-electron chi connectivity index (χ2n) is 3.46. The number of rotatable bonds is 6. The number of nitrogens with one attached hydrogen (secondary N) is 1. The largest absolute Gasteiger partial charge is 0.364 e. The number of amides is 1. The van der Waals surface area contributed by atoms with Crippen LogP contribution in [0.5, 0.6) is 0 Å². The molecule has 3 N–H and O–H groups in total. The molecule has 5 nitrogen and oxygen atoms in total. The van der Waals surface area contributed by atoms with Crippen molar-refractivity contribution >= 4 is 5.91 Å². The van der Waals surface area contributed by atoms with E-state index in [2.05, 4.69) is 21.9 Å². The van der Waals surface area contributed by atoms with Crippen LogP contribution in [0.25, 0.3) is 0 Å². The van der Waals surface area contributed by atoms with Gasteiger partial charge in [-0.25, -0.2) is 0 Å². The first kappa shape index (κ1) is 11.7. The Kier molecular flexibility index (Phi) is 4.83. The highest BCUT2D eigenvalue weighted by Gasteiger charge is 2.12. The number of carbonyl (C=O) groups is 1. The van der Waals surface area contributed by atoms with E-state index in [0.717, 1.165) is 19.3 Å². The molecular weight excluding hydrogens is 194 g/mol. The molecule has 1 aromatic rings. The first-order valence-corrected chi connectivity index (χ1v) is 5.16. The second-order valence-corrected chi connectivity index (χ2v) is 3.46. The van der Waals surface area contributed by atoms with E-state index in [4.69, 9.17) is 5.73 Å². The molecule has 15 heavy (non-hydrogen) atoms. The third kappa shape index (κ3) is 4.12. The Labute approximate surface area is 89.0 Å². The molecule has 0 aliphatic heterocycles. The third-order valence-corrected chi connectivity index (χ3v) is 2.14. The number of nitrogens with two attached hydrogens (primary N) is 1. The Balaban J connectivity index is 2.23. The van der Waals surface area contributed by atoms with E-state index in [1.807, 2.05) is 0 Å². The lowest BCUT2D eigenvalue weighted by Crippen LogP contribution is -2.40. The minimum absolute atomic E-state index is 0.133. The van der Waals surface area contributed by atoms with Gasteiger partial charge in [-0.2, -0.15) is 0 Å². The molecular formula is C10H17N3O2. The lowest BCUT2D eigenvalue weighted by Gasteiger charge is -2.10. The Morgan fingerprint density at radius 2 is 2.53 bits per heavy atom. The second kappa shape index (κ2) is 6.19. The highest BCUT2D eigenvalue weighted by atomic mass is 16.5. The van der Waals surface area contributed by atoms with Crippen molar-refractivity contribution in [3.63, 3.8) is 0 Å². The minimum atomic E-state index is -0.420. The fourth-order valence-electron chi connectivity index (χ4n) is 1.19. The molecule has 0 spiro atoms. The number of hydrogen-bond donors (Lipinski definition) is 2. The van der Waals surface area contributed by atoms with Gasteiger partial charge in [0.2, 0.25) is 5.91 Å². The molecule has 0 bridgehead atoms. The standard InChI is InChI=1S/C10H17N3O2/c1-2-3-4-9(11)10(14)12-7-8-5-6-15-13-8/h5-6,9H,2-4,7,11H2,1H3,(H,12,14)/t9-/m0/s1. The summed E-state index contributed by atoms with van der Waals surface area (Å²) in [5, 5.41) is 6.39. The van der Waals surface area contributed by atoms with E-state index in [-0.39, 0.29) is 5.91 Å². The Bertz CT molecular complexity index is 285. The molecule has 1 amide bonds. The molecule has 0 aliphatic rings. The minimum Gasteiger partial charge on any atom is -0.364 e. The first-order chi connectivity index (χ1) is 7.24. The van der Waals surface area contributed by atoms with E-state index in [0.29, 0.717) is 12.2 Å². The predicted octanol–water partition coefficient (Wildman–Crippen LogP) is 0.808. The highest BCUT2D eigenvalue weighted by Crippen LogP contribution is 1.99. The summed E-state index contributed by atoms with van der Waals surface area (Å²) < 4.78 is 4.64. The zero-order valence-electron chi connectivity index (χ0n) is 8.90. The zero-order chi connectivity index (χ0) is 11.1. The van der Waals surface area contributed by atoms with Gasteiger partial charge in [0.1, 0.15) is 12.0 Å². The van der Waals surface area contributed by atoms with E-state index in [1.165, 1.54) is 6.26 Å². The Hall–Kier alpha value is -1.36. The van der Waals surface area contributed by atoms with Crippen molar-refractivity contribution in [1.29, 1.82) is 0 Å². The smallest absolute Gasteiger partial charge is 0.237 e. The summed E-state index contributed by atoms with van der Waals surface area (Å²) >= 11 is 0. The van der Waals surface area contributed by atoms with Crippen molar-refractivity contribution in [2.24, 2.45) is 5.73 Å². The first-order valence-electron chi connectivity index (χ1n) is 5.16. The molecule has 0 fully saturated rings. The van der Waals surface area contributed by atoms with Gasteiger partial charge >= 0.3 is 0 Å². The summed E-state index contributed by atoms with van der Waals surface area (Å²) in [5.74, 6) is -0.133. The van der Waals surface area contributed by atoms with Gasteiger partial charge in [-0.05, 0) is 6.42 Å². The van der Waals surface area contributed by atoms with Gasteiger partial charge in [0.05, 0.1) is 12.6 Å². The molecule has 0 unspecified atom stereocenters. The van der Waals surface area contributed by atoms with Crippen LogP contribution in [0.15, 0.2) is 16.9 Å². The van der Waals surface area contributed by atoms with Crippen LogP contribution in [0, 0.1) is 0 Å². The molecule has 0 radical (unpaired) electrons. The van der Waals surface area contributed by atoms with Crippen LogP contribution in [-0.4, -0.2) is 17.1 Å². The van der Waals surface area contributed by atoms with Crippen molar-refractivity contribution in [1.82, 2.24) is 10.5 Å². The number of unbranched alkanes of at least 4 members (excludes halogenated alkanes) is 1. The van der Waals surface area contributed by atoms with Gasteiger partial charge in [0, 0.05) is 6.07 Å². The van der Waals surface area contributed by atoms with Crippen molar-refractivity contribution < 1.29 is 9.32 Å². The van der Waals surface area contributed by atoms with Gasteiger partial charge in [-0.1, -0.05) is 24.9 Å². The number of aromatic nitrogens is 1. The average Bonchev–Trinajstić information content (AvgIpc) is 2.75. The number of hydrogen-bond acceptors (Lipinski definition) is 4. The molecule has 5 heteroatoms. The van der Waals surface area contributed by atoms with Crippen molar-refractivity contribution in [3.05, 3.63) is 18.0 Å². The fourth-order valence-corrected chi connectivity index (χ4v) is 1.19. The molecule has 0 saturated carbocycles. The summed E-state index contributed by atoms with van der Waals surface area (Å²) in [6.07, 6.45) is 4.21. The van der Waals surface area contributed by atoms with E-state index in [9.17, 15) is 4.79 Å². The molecule has 0 aromatic carbocycles. The third-order valence-electron chi connectivity index (χ3n) is 2.14. The van der Waals surface area contributed by atoms with Gasteiger partial charge in [0.15, 0.2) is 0 Å². The average molecular weight is 211 g/mol. The van der Waals surface area contributed by atoms with Crippen molar-refractivity contribution in [3.8, 4) is 0 Å². The predicted molar refractivity (Wildman–Crippen MR) is 55.9 cm³/mol. The van der Waals surface area contributed by atoms with Crippen LogP contribution in [0.4, 0.5) is 0 Å². The molecule has 0 aliphatic carbocycles. The maximum absolute atomic E-state index is 11.4. The molecule has 1 heterocycles. The van der Waals surface area contributed by atoms with Crippen LogP contribution in [0.1, 0.15) is 31.9 Å². The molecule has 1 atom stereocenters. The maximum atomic E-state index is 11.4. The summed E-state index contributed by atoms with van der Waals surface area (Å²) in [4.78, 5) is 11.4. The van der Waals surface area contributed by atoms with E-state index >= 15 is 0 Å². The quantitative estimate of drug-likeness (QED) is 0.729. The molecule has 1 aromatic heterocycles. The van der Waals surface area contributed by atoms with Crippen molar-refractivity contribution in [2.75, 3.05) is 0 Å². The van der Waals surface area contributed by atoms with Crippen LogP contribution in [0.3, 0.4) is 0 Å². The van der Waals surface area contributed by atoms with Gasteiger partial charge < -0.3 is 15.6 Å². The molecule has 84 valence electrons. The lowest BCUT2D eigenvalue weighted by molar-refractivity contribution is -0.122. The van der Waals surface area contributed by atoms with Crippen LogP contribution in [-0.2, 0) is 11.3 Å². The zero-order valence-corrected chi connectivity index (χ0v) is 8.90. The maximum Gasteiger partial charge on any atom is 0.237 e. The monoisotopic (exact) mass is 211 g/mol.